The highest BCUT2D eigenvalue weighted by atomic mass is 35.5. The maximum atomic E-state index is 12.6. The van der Waals surface area contributed by atoms with Crippen LogP contribution in [0.1, 0.15) is 10.4 Å². The Morgan fingerprint density at radius 2 is 2.14 bits per heavy atom. The lowest BCUT2D eigenvalue weighted by Crippen LogP contribution is -2.14. The average Bonchev–Trinajstić information content (AvgIpc) is 3.05. The number of aryl methyl sites for hydroxylation is 1. The van der Waals surface area contributed by atoms with Gasteiger partial charge >= 0.3 is 0 Å². The molecule has 0 unspecified atom stereocenters. The van der Waals surface area contributed by atoms with Gasteiger partial charge in [0, 0.05) is 19.2 Å². The van der Waals surface area contributed by atoms with Crippen LogP contribution in [0.4, 0.5) is 5.69 Å². The van der Waals surface area contributed by atoms with E-state index in [0.29, 0.717) is 52.3 Å². The Bertz CT molecular complexity index is 970. The number of rotatable bonds is 7. The lowest BCUT2D eigenvalue weighted by atomic mass is 10.1. The number of nitrogens with zero attached hydrogens (tertiary/aromatic N) is 3. The Labute approximate surface area is 167 Å². The van der Waals surface area contributed by atoms with Crippen molar-refractivity contribution in [1.82, 2.24) is 14.8 Å². The topological polar surface area (TPSA) is 104 Å². The summed E-state index contributed by atoms with van der Waals surface area (Å²) in [4.78, 5) is 16.9. The van der Waals surface area contributed by atoms with E-state index >= 15 is 0 Å². The number of pyridine rings is 1. The molecule has 1 amide bonds. The van der Waals surface area contributed by atoms with Gasteiger partial charge in [0.2, 0.25) is 5.88 Å². The van der Waals surface area contributed by atoms with Crippen molar-refractivity contribution >= 4 is 23.2 Å². The van der Waals surface area contributed by atoms with Gasteiger partial charge in [-0.25, -0.2) is 4.98 Å². The normalized spacial score (nSPS) is 10.6. The van der Waals surface area contributed by atoms with Crippen LogP contribution in [-0.2, 0) is 7.05 Å². The molecule has 0 bridgehead atoms. The van der Waals surface area contributed by atoms with E-state index in [-0.39, 0.29) is 5.91 Å². The standard InChI is InChI=1S/C19H20ClN5O3/c1-25-17(16(20)11-23-25)15-9-13(10-22-19(15)28-7-6-21)24-18(26)12-4-3-5-14(8-12)27-2/h3-5,8-11H,6-7,21H2,1-2H3,(H,24,26). The Hall–Kier alpha value is -3.10. The number of methoxy groups -OCH3 is 1. The molecule has 0 atom stereocenters. The number of hydrogen-bond donors (Lipinski definition) is 2. The van der Waals surface area contributed by atoms with Crippen LogP contribution >= 0.6 is 11.6 Å². The number of carbonyl (C=O) groups excluding carboxylic acids is 1. The summed E-state index contributed by atoms with van der Waals surface area (Å²) in [7, 11) is 3.31. The summed E-state index contributed by atoms with van der Waals surface area (Å²) in [6, 6.07) is 8.60. The van der Waals surface area contributed by atoms with E-state index in [4.69, 9.17) is 26.8 Å². The molecule has 0 radical (unpaired) electrons. The Morgan fingerprint density at radius 1 is 1.32 bits per heavy atom. The highest BCUT2D eigenvalue weighted by Crippen LogP contribution is 2.35. The minimum absolute atomic E-state index is 0.293. The van der Waals surface area contributed by atoms with Gasteiger partial charge < -0.3 is 20.5 Å². The van der Waals surface area contributed by atoms with Crippen LogP contribution in [0.15, 0.2) is 42.7 Å². The molecule has 0 aliphatic carbocycles. The maximum absolute atomic E-state index is 12.6. The van der Waals surface area contributed by atoms with Crippen LogP contribution in [0, 0.1) is 0 Å². The number of amides is 1. The fraction of sp³-hybridized carbons (Fsp3) is 0.211. The van der Waals surface area contributed by atoms with E-state index in [0.717, 1.165) is 0 Å². The summed E-state index contributed by atoms with van der Waals surface area (Å²) < 4.78 is 12.4. The fourth-order valence-electron chi connectivity index (χ4n) is 2.64. The number of nitrogens with one attached hydrogen (secondary N) is 1. The number of halogens is 1. The molecule has 0 aliphatic rings. The van der Waals surface area contributed by atoms with E-state index in [1.54, 1.807) is 49.2 Å². The number of anilines is 1. The lowest BCUT2D eigenvalue weighted by molar-refractivity contribution is 0.102. The molecule has 2 aromatic heterocycles. The number of aromatic nitrogens is 3. The van der Waals surface area contributed by atoms with Crippen LogP contribution < -0.4 is 20.5 Å². The van der Waals surface area contributed by atoms with E-state index in [9.17, 15) is 4.79 Å². The van der Waals surface area contributed by atoms with Crippen LogP contribution in [0.25, 0.3) is 11.3 Å². The molecule has 0 spiro atoms. The summed E-state index contributed by atoms with van der Waals surface area (Å²) in [5.74, 6) is 0.660. The highest BCUT2D eigenvalue weighted by Gasteiger charge is 2.18. The molecule has 28 heavy (non-hydrogen) atoms. The first kappa shape index (κ1) is 19.7. The molecule has 0 saturated carbocycles. The lowest BCUT2D eigenvalue weighted by Gasteiger charge is -2.13. The summed E-state index contributed by atoms with van der Waals surface area (Å²) in [5, 5.41) is 7.41. The Balaban J connectivity index is 1.94. The number of hydrogen-bond acceptors (Lipinski definition) is 6. The SMILES string of the molecule is COc1cccc(C(=O)Nc2cnc(OCCN)c(-c3c(Cl)cnn3C)c2)c1. The van der Waals surface area contributed by atoms with E-state index < -0.39 is 0 Å². The first-order valence-corrected chi connectivity index (χ1v) is 8.87. The largest absolute Gasteiger partial charge is 0.497 e. The van der Waals surface area contributed by atoms with Crippen LogP contribution in [0.3, 0.4) is 0 Å². The van der Waals surface area contributed by atoms with Gasteiger partial charge in [-0.15, -0.1) is 0 Å². The summed E-state index contributed by atoms with van der Waals surface area (Å²) in [6.45, 7) is 0.638. The summed E-state index contributed by atoms with van der Waals surface area (Å²) in [5.41, 5.74) is 7.70. The third-order valence-corrected chi connectivity index (χ3v) is 4.22. The fourth-order valence-corrected chi connectivity index (χ4v) is 2.91. The van der Waals surface area contributed by atoms with Crippen molar-refractivity contribution in [3.05, 3.63) is 53.3 Å². The predicted octanol–water partition coefficient (Wildman–Crippen LogP) is 2.73. The monoisotopic (exact) mass is 401 g/mol. The second-order valence-electron chi connectivity index (χ2n) is 5.86. The molecule has 0 fully saturated rings. The third-order valence-electron chi connectivity index (χ3n) is 3.95. The zero-order chi connectivity index (χ0) is 20.1. The average molecular weight is 402 g/mol. The van der Waals surface area contributed by atoms with Crippen LogP contribution in [-0.4, -0.2) is 40.9 Å². The van der Waals surface area contributed by atoms with Gasteiger partial charge in [-0.2, -0.15) is 5.10 Å². The quantitative estimate of drug-likeness (QED) is 0.630. The van der Waals surface area contributed by atoms with Crippen LogP contribution in [0.2, 0.25) is 5.02 Å². The third kappa shape index (κ3) is 4.24. The molecule has 146 valence electrons. The van der Waals surface area contributed by atoms with Crippen molar-refractivity contribution in [3.63, 3.8) is 0 Å². The van der Waals surface area contributed by atoms with Crippen molar-refractivity contribution in [2.24, 2.45) is 12.8 Å². The van der Waals surface area contributed by atoms with E-state index in [1.807, 2.05) is 0 Å². The highest BCUT2D eigenvalue weighted by molar-refractivity contribution is 6.33. The first-order chi connectivity index (χ1) is 13.5. The van der Waals surface area contributed by atoms with Gasteiger partial charge in [-0.1, -0.05) is 17.7 Å². The molecule has 8 nitrogen and oxygen atoms in total. The van der Waals surface area contributed by atoms with E-state index in [2.05, 4.69) is 15.4 Å². The Kier molecular flexibility index (Phi) is 6.13. The zero-order valence-corrected chi connectivity index (χ0v) is 16.2. The molecule has 0 aliphatic heterocycles. The first-order valence-electron chi connectivity index (χ1n) is 8.49. The molecule has 2 heterocycles. The number of nitrogens with two attached hydrogens (primary N) is 1. The molecule has 1 aromatic carbocycles. The molecular weight excluding hydrogens is 382 g/mol. The number of carbonyl (C=O) groups is 1. The Morgan fingerprint density at radius 3 is 2.82 bits per heavy atom. The van der Waals surface area contributed by atoms with Crippen molar-refractivity contribution in [1.29, 1.82) is 0 Å². The minimum atomic E-state index is -0.293. The molecule has 0 saturated heterocycles. The van der Waals surface area contributed by atoms with Crippen molar-refractivity contribution in [3.8, 4) is 22.9 Å². The van der Waals surface area contributed by atoms with Gasteiger partial charge in [0.15, 0.2) is 0 Å². The summed E-state index contributed by atoms with van der Waals surface area (Å²) in [6.07, 6.45) is 3.04. The van der Waals surface area contributed by atoms with Crippen molar-refractivity contribution in [2.45, 2.75) is 0 Å². The van der Waals surface area contributed by atoms with Crippen LogP contribution in [0.5, 0.6) is 11.6 Å². The molecule has 3 aromatic rings. The molecular formula is C19H20ClN5O3. The second kappa shape index (κ2) is 8.73. The van der Waals surface area contributed by atoms with Gasteiger partial charge in [-0.3, -0.25) is 9.48 Å². The minimum Gasteiger partial charge on any atom is -0.497 e. The second-order valence-corrected chi connectivity index (χ2v) is 6.27. The van der Waals surface area contributed by atoms with Crippen molar-refractivity contribution in [2.75, 3.05) is 25.6 Å². The van der Waals surface area contributed by atoms with Gasteiger partial charge in [0.05, 0.1) is 41.5 Å². The predicted molar refractivity (Wildman–Crippen MR) is 107 cm³/mol. The van der Waals surface area contributed by atoms with Gasteiger partial charge in [0.1, 0.15) is 12.4 Å². The summed E-state index contributed by atoms with van der Waals surface area (Å²) >= 11 is 6.28. The maximum Gasteiger partial charge on any atom is 0.255 e. The van der Waals surface area contributed by atoms with Gasteiger partial charge in [0.25, 0.3) is 5.91 Å². The molecule has 3 N–H and O–H groups in total. The number of ether oxygens (including phenoxy) is 2. The van der Waals surface area contributed by atoms with Crippen molar-refractivity contribution < 1.29 is 14.3 Å². The van der Waals surface area contributed by atoms with Gasteiger partial charge in [-0.05, 0) is 24.3 Å². The number of benzene rings is 1. The van der Waals surface area contributed by atoms with E-state index in [1.165, 1.54) is 12.4 Å². The molecule has 3 rings (SSSR count). The molecule has 9 heteroatoms. The smallest absolute Gasteiger partial charge is 0.255 e. The zero-order valence-electron chi connectivity index (χ0n) is 15.5.